The molecule has 0 amide bonds. The van der Waals surface area contributed by atoms with Crippen molar-refractivity contribution < 1.29 is 8.42 Å². The van der Waals surface area contributed by atoms with Crippen molar-refractivity contribution in [2.24, 2.45) is 0 Å². The largest absolute Gasteiger partial charge is 0.398 e. The number of nitrogens with two attached hydrogens (primary N) is 1. The molecule has 1 aliphatic rings. The molecule has 0 spiro atoms. The van der Waals surface area contributed by atoms with Gasteiger partial charge >= 0.3 is 0 Å². The molecule has 0 aliphatic heterocycles. The molecule has 0 aromatic heterocycles. The number of aryl methyl sites for hydroxylation is 1. The van der Waals surface area contributed by atoms with Crippen molar-refractivity contribution in [2.45, 2.75) is 31.9 Å². The normalized spacial score (nSPS) is 16.1. The minimum atomic E-state index is -3.21. The Balaban J connectivity index is 2.37. The Morgan fingerprint density at radius 3 is 2.50 bits per heavy atom. The van der Waals surface area contributed by atoms with E-state index in [-0.39, 0.29) is 5.25 Å². The molecule has 5 heteroatoms. The van der Waals surface area contributed by atoms with Crippen LogP contribution in [0.15, 0.2) is 12.1 Å². The number of anilines is 2. The van der Waals surface area contributed by atoms with Gasteiger partial charge in [-0.3, -0.25) is 4.72 Å². The number of sulfonamides is 1. The van der Waals surface area contributed by atoms with E-state index in [4.69, 9.17) is 5.73 Å². The Morgan fingerprint density at radius 1 is 1.31 bits per heavy atom. The third-order valence-electron chi connectivity index (χ3n) is 2.92. The summed E-state index contributed by atoms with van der Waals surface area (Å²) in [5.41, 5.74) is 8.70. The van der Waals surface area contributed by atoms with Gasteiger partial charge in [0.2, 0.25) is 10.0 Å². The molecule has 1 fully saturated rings. The van der Waals surface area contributed by atoms with E-state index in [9.17, 15) is 8.42 Å². The fourth-order valence-electron chi connectivity index (χ4n) is 1.62. The quantitative estimate of drug-likeness (QED) is 0.791. The van der Waals surface area contributed by atoms with Crippen molar-refractivity contribution in [1.29, 1.82) is 0 Å². The van der Waals surface area contributed by atoms with Crippen LogP contribution < -0.4 is 10.5 Å². The molecule has 0 bridgehead atoms. The van der Waals surface area contributed by atoms with E-state index in [0.29, 0.717) is 11.4 Å². The Kier molecular flexibility index (Phi) is 2.58. The molecule has 16 heavy (non-hydrogen) atoms. The van der Waals surface area contributed by atoms with Gasteiger partial charge in [0, 0.05) is 5.69 Å². The molecular formula is C11H16N2O2S. The van der Waals surface area contributed by atoms with E-state index in [1.807, 2.05) is 19.9 Å². The molecule has 0 unspecified atom stereocenters. The Bertz CT molecular complexity index is 519. The fraction of sp³-hybridized carbons (Fsp3) is 0.455. The smallest absolute Gasteiger partial charge is 0.235 e. The van der Waals surface area contributed by atoms with Gasteiger partial charge in [0.15, 0.2) is 0 Å². The lowest BCUT2D eigenvalue weighted by atomic mass is 10.1. The monoisotopic (exact) mass is 240 g/mol. The van der Waals surface area contributed by atoms with Crippen molar-refractivity contribution in [2.75, 3.05) is 10.5 Å². The molecule has 0 saturated heterocycles. The highest BCUT2D eigenvalue weighted by molar-refractivity contribution is 7.93. The third-order valence-corrected chi connectivity index (χ3v) is 4.76. The van der Waals surface area contributed by atoms with Gasteiger partial charge in [-0.15, -0.1) is 0 Å². The number of benzene rings is 1. The van der Waals surface area contributed by atoms with Crippen LogP contribution in [0.5, 0.6) is 0 Å². The molecule has 1 aromatic rings. The molecule has 0 atom stereocenters. The molecule has 1 aromatic carbocycles. The first kappa shape index (κ1) is 11.3. The maximum Gasteiger partial charge on any atom is 0.235 e. The summed E-state index contributed by atoms with van der Waals surface area (Å²) in [5.74, 6) is 0. The van der Waals surface area contributed by atoms with Gasteiger partial charge in [-0.1, -0.05) is 6.07 Å². The van der Waals surface area contributed by atoms with Gasteiger partial charge in [-0.2, -0.15) is 0 Å². The van der Waals surface area contributed by atoms with Crippen LogP contribution in [-0.2, 0) is 10.0 Å². The highest BCUT2D eigenvalue weighted by Gasteiger charge is 2.36. The minimum absolute atomic E-state index is 0.215. The standard InChI is InChI=1S/C11H16N2O2S/c1-7-3-6-10(12)8(2)11(7)13-16(14,15)9-4-5-9/h3,6,9,13H,4-5,12H2,1-2H3. The van der Waals surface area contributed by atoms with Gasteiger partial charge < -0.3 is 5.73 Å². The van der Waals surface area contributed by atoms with Crippen molar-refractivity contribution in [3.63, 3.8) is 0 Å². The predicted octanol–water partition coefficient (Wildman–Crippen LogP) is 1.79. The predicted molar refractivity (Wildman–Crippen MR) is 65.9 cm³/mol. The second kappa shape index (κ2) is 3.66. The number of hydrogen-bond acceptors (Lipinski definition) is 3. The Labute approximate surface area is 95.9 Å². The molecule has 2 rings (SSSR count). The lowest BCUT2D eigenvalue weighted by molar-refractivity contribution is 0.600. The SMILES string of the molecule is Cc1ccc(N)c(C)c1NS(=O)(=O)C1CC1. The number of nitrogens with one attached hydrogen (secondary N) is 1. The van der Waals surface area contributed by atoms with Crippen molar-refractivity contribution in [3.05, 3.63) is 23.3 Å². The van der Waals surface area contributed by atoms with Gasteiger partial charge in [-0.05, 0) is 43.9 Å². The summed E-state index contributed by atoms with van der Waals surface area (Å²) in [6.45, 7) is 3.70. The van der Waals surface area contributed by atoms with Crippen LogP contribution in [0, 0.1) is 13.8 Å². The molecule has 1 aliphatic carbocycles. The lowest BCUT2D eigenvalue weighted by Crippen LogP contribution is -2.19. The van der Waals surface area contributed by atoms with E-state index in [1.165, 1.54) is 0 Å². The fourth-order valence-corrected chi connectivity index (χ4v) is 3.15. The van der Waals surface area contributed by atoms with Crippen LogP contribution in [0.1, 0.15) is 24.0 Å². The average Bonchev–Trinajstić information content (AvgIpc) is 3.02. The third kappa shape index (κ3) is 2.00. The van der Waals surface area contributed by atoms with Crippen LogP contribution in [0.2, 0.25) is 0 Å². The number of nitrogen functional groups attached to an aromatic ring is 1. The average molecular weight is 240 g/mol. The summed E-state index contributed by atoms with van der Waals surface area (Å²) in [7, 11) is -3.21. The minimum Gasteiger partial charge on any atom is -0.398 e. The topological polar surface area (TPSA) is 72.2 Å². The summed E-state index contributed by atoms with van der Waals surface area (Å²) >= 11 is 0. The highest BCUT2D eigenvalue weighted by Crippen LogP contribution is 2.32. The summed E-state index contributed by atoms with van der Waals surface area (Å²) in [6.07, 6.45) is 1.52. The Morgan fingerprint density at radius 2 is 1.94 bits per heavy atom. The highest BCUT2D eigenvalue weighted by atomic mass is 32.2. The second-order valence-electron chi connectivity index (χ2n) is 4.32. The van der Waals surface area contributed by atoms with Crippen LogP contribution in [-0.4, -0.2) is 13.7 Å². The first-order valence-corrected chi connectivity index (χ1v) is 6.84. The van der Waals surface area contributed by atoms with Gasteiger partial charge in [0.05, 0.1) is 10.9 Å². The Hall–Kier alpha value is -1.23. The molecular weight excluding hydrogens is 224 g/mol. The van der Waals surface area contributed by atoms with Gasteiger partial charge in [-0.25, -0.2) is 8.42 Å². The van der Waals surface area contributed by atoms with E-state index in [1.54, 1.807) is 6.07 Å². The zero-order valence-corrected chi connectivity index (χ0v) is 10.3. The van der Waals surface area contributed by atoms with Crippen molar-refractivity contribution in [1.82, 2.24) is 0 Å². The maximum absolute atomic E-state index is 11.8. The number of rotatable bonds is 3. The molecule has 0 radical (unpaired) electrons. The summed E-state index contributed by atoms with van der Waals surface area (Å²) in [5, 5.41) is -0.215. The summed E-state index contributed by atoms with van der Waals surface area (Å²) in [6, 6.07) is 3.62. The molecule has 0 heterocycles. The lowest BCUT2D eigenvalue weighted by Gasteiger charge is -2.14. The van der Waals surface area contributed by atoms with Crippen molar-refractivity contribution in [3.8, 4) is 0 Å². The summed E-state index contributed by atoms with van der Waals surface area (Å²) < 4.78 is 26.3. The zero-order valence-electron chi connectivity index (χ0n) is 9.45. The van der Waals surface area contributed by atoms with Gasteiger partial charge in [0.1, 0.15) is 0 Å². The second-order valence-corrected chi connectivity index (χ2v) is 6.28. The van der Waals surface area contributed by atoms with Crippen LogP contribution in [0.4, 0.5) is 11.4 Å². The van der Waals surface area contributed by atoms with Crippen LogP contribution >= 0.6 is 0 Å². The first-order chi connectivity index (χ1) is 7.42. The van der Waals surface area contributed by atoms with E-state index >= 15 is 0 Å². The van der Waals surface area contributed by atoms with E-state index in [2.05, 4.69) is 4.72 Å². The summed E-state index contributed by atoms with van der Waals surface area (Å²) in [4.78, 5) is 0. The van der Waals surface area contributed by atoms with Gasteiger partial charge in [0.25, 0.3) is 0 Å². The molecule has 4 nitrogen and oxygen atoms in total. The molecule has 88 valence electrons. The number of hydrogen-bond donors (Lipinski definition) is 2. The van der Waals surface area contributed by atoms with E-state index < -0.39 is 10.0 Å². The molecule has 1 saturated carbocycles. The van der Waals surface area contributed by atoms with Crippen LogP contribution in [0.3, 0.4) is 0 Å². The van der Waals surface area contributed by atoms with E-state index in [0.717, 1.165) is 24.0 Å². The van der Waals surface area contributed by atoms with Crippen molar-refractivity contribution >= 4 is 21.4 Å². The van der Waals surface area contributed by atoms with Crippen LogP contribution in [0.25, 0.3) is 0 Å². The maximum atomic E-state index is 11.8. The first-order valence-electron chi connectivity index (χ1n) is 5.29. The zero-order chi connectivity index (χ0) is 11.9. The molecule has 3 N–H and O–H groups in total.